The Labute approximate surface area is 88.4 Å². The van der Waals surface area contributed by atoms with E-state index in [2.05, 4.69) is 19.3 Å². The van der Waals surface area contributed by atoms with Crippen molar-refractivity contribution in [2.75, 3.05) is 26.8 Å². The molecule has 0 bridgehead atoms. The lowest BCUT2D eigenvalue weighted by molar-refractivity contribution is 0.0499. The second kappa shape index (κ2) is 6.41. The van der Waals surface area contributed by atoms with Gasteiger partial charge in [0.05, 0.1) is 0 Å². The molecule has 84 valence electrons. The Morgan fingerprint density at radius 1 is 1.29 bits per heavy atom. The highest BCUT2D eigenvalue weighted by molar-refractivity contribution is 4.88. The first-order chi connectivity index (χ1) is 6.83. The first kappa shape index (κ1) is 12.0. The fourth-order valence-electron chi connectivity index (χ4n) is 2.20. The minimum absolute atomic E-state index is 0.584. The van der Waals surface area contributed by atoms with E-state index < -0.39 is 0 Å². The van der Waals surface area contributed by atoms with E-state index in [0.29, 0.717) is 5.41 Å². The zero-order valence-corrected chi connectivity index (χ0v) is 9.77. The summed E-state index contributed by atoms with van der Waals surface area (Å²) in [5, 5.41) is 3.31. The highest BCUT2D eigenvalue weighted by Crippen LogP contribution is 2.43. The van der Waals surface area contributed by atoms with E-state index in [1.807, 2.05) is 0 Å². The van der Waals surface area contributed by atoms with Gasteiger partial charge in [0.2, 0.25) is 0 Å². The first-order valence-electron chi connectivity index (χ1n) is 6.05. The molecule has 2 heteroatoms. The van der Waals surface area contributed by atoms with Crippen LogP contribution in [0.1, 0.15) is 45.4 Å². The van der Waals surface area contributed by atoms with Gasteiger partial charge in [-0.15, -0.1) is 0 Å². The molecule has 0 aromatic rings. The first-order valence-corrected chi connectivity index (χ1v) is 6.05. The quantitative estimate of drug-likeness (QED) is 0.607. The third-order valence-electron chi connectivity index (χ3n) is 3.38. The van der Waals surface area contributed by atoms with Gasteiger partial charge in [-0.3, -0.25) is 0 Å². The predicted molar refractivity (Wildman–Crippen MR) is 60.6 cm³/mol. The lowest BCUT2D eigenvalue weighted by Gasteiger charge is -2.42. The maximum atomic E-state index is 5.62. The van der Waals surface area contributed by atoms with Gasteiger partial charge in [-0.25, -0.2) is 0 Å². The zero-order valence-electron chi connectivity index (χ0n) is 9.77. The molecule has 0 radical (unpaired) electrons. The number of nitrogens with one attached hydrogen (secondary N) is 1. The van der Waals surface area contributed by atoms with Crippen molar-refractivity contribution in [1.29, 1.82) is 0 Å². The van der Waals surface area contributed by atoms with Crippen LogP contribution in [0.15, 0.2) is 0 Å². The van der Waals surface area contributed by atoms with Crippen LogP contribution < -0.4 is 5.32 Å². The number of hydrogen-bond donors (Lipinski definition) is 1. The summed E-state index contributed by atoms with van der Waals surface area (Å²) in [6.45, 7) is 5.29. The number of ether oxygens (including phenoxy) is 1. The number of hydrogen-bond acceptors (Lipinski definition) is 2. The minimum Gasteiger partial charge on any atom is -0.381 e. The maximum absolute atomic E-state index is 5.62. The summed E-state index contributed by atoms with van der Waals surface area (Å²) in [6.07, 6.45) is 7.89. The Bertz CT molecular complexity index is 143. The molecule has 1 aliphatic rings. The smallest absolute Gasteiger partial charge is 0.0471 e. The largest absolute Gasteiger partial charge is 0.381 e. The summed E-state index contributed by atoms with van der Waals surface area (Å²) in [4.78, 5) is 0. The SMILES string of the molecule is CCCCOCCC1(CNC)CCC1. The van der Waals surface area contributed by atoms with Gasteiger partial charge in [0, 0.05) is 19.8 Å². The molecule has 1 rings (SSSR count). The van der Waals surface area contributed by atoms with Crippen LogP contribution in [0.5, 0.6) is 0 Å². The number of unbranched alkanes of at least 4 members (excludes halogenated alkanes) is 1. The highest BCUT2D eigenvalue weighted by Gasteiger charge is 2.35. The highest BCUT2D eigenvalue weighted by atomic mass is 16.5. The third-order valence-corrected chi connectivity index (χ3v) is 3.38. The molecule has 0 aliphatic heterocycles. The molecular formula is C12H25NO. The molecule has 0 saturated heterocycles. The van der Waals surface area contributed by atoms with Gasteiger partial charge in [0.1, 0.15) is 0 Å². The molecule has 0 aromatic carbocycles. The molecule has 2 nitrogen and oxygen atoms in total. The molecule has 0 spiro atoms. The normalized spacial score (nSPS) is 19.3. The lowest BCUT2D eigenvalue weighted by Crippen LogP contribution is -2.39. The molecular weight excluding hydrogens is 174 g/mol. The summed E-state index contributed by atoms with van der Waals surface area (Å²) >= 11 is 0. The van der Waals surface area contributed by atoms with Gasteiger partial charge < -0.3 is 10.1 Å². The van der Waals surface area contributed by atoms with Crippen molar-refractivity contribution in [2.24, 2.45) is 5.41 Å². The van der Waals surface area contributed by atoms with E-state index >= 15 is 0 Å². The summed E-state index contributed by atoms with van der Waals surface area (Å²) in [6, 6.07) is 0. The molecule has 0 atom stereocenters. The Morgan fingerprint density at radius 2 is 2.07 bits per heavy atom. The summed E-state index contributed by atoms with van der Waals surface area (Å²) in [5.41, 5.74) is 0.584. The Morgan fingerprint density at radius 3 is 2.57 bits per heavy atom. The zero-order chi connectivity index (χ0) is 10.3. The van der Waals surface area contributed by atoms with Crippen LogP contribution in [0.25, 0.3) is 0 Å². The van der Waals surface area contributed by atoms with Gasteiger partial charge >= 0.3 is 0 Å². The predicted octanol–water partition coefficient (Wildman–Crippen LogP) is 2.58. The minimum atomic E-state index is 0.584. The van der Waals surface area contributed by atoms with Crippen molar-refractivity contribution in [1.82, 2.24) is 5.32 Å². The molecule has 1 N–H and O–H groups in total. The van der Waals surface area contributed by atoms with Crippen molar-refractivity contribution < 1.29 is 4.74 Å². The molecule has 1 saturated carbocycles. The van der Waals surface area contributed by atoms with E-state index in [0.717, 1.165) is 13.2 Å². The van der Waals surface area contributed by atoms with E-state index in [4.69, 9.17) is 4.74 Å². The Hall–Kier alpha value is -0.0800. The van der Waals surface area contributed by atoms with Crippen LogP contribution >= 0.6 is 0 Å². The maximum Gasteiger partial charge on any atom is 0.0471 e. The van der Waals surface area contributed by atoms with E-state index in [-0.39, 0.29) is 0 Å². The van der Waals surface area contributed by atoms with Crippen LogP contribution in [0.3, 0.4) is 0 Å². The van der Waals surface area contributed by atoms with Gasteiger partial charge in [0.25, 0.3) is 0 Å². The second-order valence-electron chi connectivity index (χ2n) is 4.60. The Balaban J connectivity index is 2.03. The van der Waals surface area contributed by atoms with Crippen LogP contribution in [0.4, 0.5) is 0 Å². The number of rotatable bonds is 8. The standard InChI is InChI=1S/C12H25NO/c1-3-4-9-14-10-8-12(11-13-2)6-5-7-12/h13H,3-11H2,1-2H3. The monoisotopic (exact) mass is 199 g/mol. The van der Waals surface area contributed by atoms with Gasteiger partial charge in [-0.2, -0.15) is 0 Å². The average molecular weight is 199 g/mol. The molecule has 1 aliphatic carbocycles. The molecule has 0 heterocycles. The Kier molecular flexibility index (Phi) is 5.49. The van der Waals surface area contributed by atoms with E-state index in [1.54, 1.807) is 0 Å². The van der Waals surface area contributed by atoms with Crippen molar-refractivity contribution in [2.45, 2.75) is 45.4 Å². The molecule has 0 amide bonds. The molecule has 1 fully saturated rings. The van der Waals surface area contributed by atoms with E-state index in [9.17, 15) is 0 Å². The molecule has 0 aromatic heterocycles. The average Bonchev–Trinajstić information content (AvgIpc) is 2.13. The summed E-state index contributed by atoms with van der Waals surface area (Å²) < 4.78 is 5.62. The summed E-state index contributed by atoms with van der Waals surface area (Å²) in [7, 11) is 2.05. The second-order valence-corrected chi connectivity index (χ2v) is 4.60. The molecule has 0 unspecified atom stereocenters. The van der Waals surface area contributed by atoms with Gasteiger partial charge in [0.15, 0.2) is 0 Å². The van der Waals surface area contributed by atoms with E-state index in [1.165, 1.54) is 45.1 Å². The van der Waals surface area contributed by atoms with Crippen LogP contribution in [-0.2, 0) is 4.74 Å². The van der Waals surface area contributed by atoms with Crippen LogP contribution in [0.2, 0.25) is 0 Å². The fraction of sp³-hybridized carbons (Fsp3) is 1.00. The van der Waals surface area contributed by atoms with Gasteiger partial charge in [-0.05, 0) is 38.1 Å². The van der Waals surface area contributed by atoms with Crippen LogP contribution in [-0.4, -0.2) is 26.8 Å². The van der Waals surface area contributed by atoms with Crippen molar-refractivity contribution in [3.05, 3.63) is 0 Å². The van der Waals surface area contributed by atoms with Crippen molar-refractivity contribution >= 4 is 0 Å². The lowest BCUT2D eigenvalue weighted by atomic mass is 9.67. The molecule has 14 heavy (non-hydrogen) atoms. The topological polar surface area (TPSA) is 21.3 Å². The van der Waals surface area contributed by atoms with Gasteiger partial charge in [-0.1, -0.05) is 19.8 Å². The van der Waals surface area contributed by atoms with Crippen molar-refractivity contribution in [3.63, 3.8) is 0 Å². The summed E-state index contributed by atoms with van der Waals surface area (Å²) in [5.74, 6) is 0. The fourth-order valence-corrected chi connectivity index (χ4v) is 2.20. The third kappa shape index (κ3) is 3.58. The van der Waals surface area contributed by atoms with Crippen molar-refractivity contribution in [3.8, 4) is 0 Å². The van der Waals surface area contributed by atoms with Crippen LogP contribution in [0, 0.1) is 5.41 Å².